The first-order chi connectivity index (χ1) is 7.75. The van der Waals surface area contributed by atoms with E-state index in [0.29, 0.717) is 12.4 Å². The summed E-state index contributed by atoms with van der Waals surface area (Å²) in [4.78, 5) is 0. The summed E-state index contributed by atoms with van der Waals surface area (Å²) in [6.45, 7) is 0.390. The second kappa shape index (κ2) is 4.84. The molecule has 0 fully saturated rings. The topological polar surface area (TPSA) is 9.23 Å². The van der Waals surface area contributed by atoms with Crippen molar-refractivity contribution in [3.05, 3.63) is 59.9 Å². The lowest BCUT2D eigenvalue weighted by Gasteiger charge is -2.07. The van der Waals surface area contributed by atoms with E-state index in [-0.39, 0.29) is 5.82 Å². The first-order valence-corrected chi connectivity index (χ1v) is 5.18. The monoisotopic (exact) mass is 214 g/mol. The van der Waals surface area contributed by atoms with E-state index < -0.39 is 0 Å². The van der Waals surface area contributed by atoms with E-state index >= 15 is 0 Å². The average Bonchev–Trinajstić information content (AvgIpc) is 2.29. The van der Waals surface area contributed by atoms with E-state index in [9.17, 15) is 4.39 Å². The van der Waals surface area contributed by atoms with E-state index in [0.717, 1.165) is 11.0 Å². The summed E-state index contributed by atoms with van der Waals surface area (Å²) in [7, 11) is 1.85. The van der Waals surface area contributed by atoms with E-state index in [4.69, 9.17) is 4.74 Å². The molecule has 0 saturated heterocycles. The first kappa shape index (κ1) is 10.7. The maximum atomic E-state index is 13.4. The summed E-state index contributed by atoms with van der Waals surface area (Å²) >= 11 is 0. The molecule has 0 saturated carbocycles. The van der Waals surface area contributed by atoms with Gasteiger partial charge in [-0.15, -0.1) is 0 Å². The minimum atomic E-state index is -0.309. The minimum Gasteiger partial charge on any atom is -0.486 e. The van der Waals surface area contributed by atoms with E-state index in [1.54, 1.807) is 6.07 Å². The van der Waals surface area contributed by atoms with Gasteiger partial charge in [0, 0.05) is 0 Å². The molecule has 0 aliphatic heterocycles. The van der Waals surface area contributed by atoms with Crippen LogP contribution < -0.4 is 10.2 Å². The molecule has 0 bridgehead atoms. The largest absolute Gasteiger partial charge is 0.486 e. The summed E-state index contributed by atoms with van der Waals surface area (Å²) < 4.78 is 18.8. The van der Waals surface area contributed by atoms with E-state index in [1.807, 2.05) is 44.2 Å². The highest BCUT2D eigenvalue weighted by molar-refractivity contribution is 6.32. The molecule has 0 atom stereocenters. The zero-order chi connectivity index (χ0) is 11.4. The van der Waals surface area contributed by atoms with Gasteiger partial charge in [-0.05, 0) is 17.7 Å². The van der Waals surface area contributed by atoms with Crippen molar-refractivity contribution in [2.45, 2.75) is 6.61 Å². The second-order valence-corrected chi connectivity index (χ2v) is 3.71. The molecule has 16 heavy (non-hydrogen) atoms. The van der Waals surface area contributed by atoms with Gasteiger partial charge in [0.05, 0.1) is 0 Å². The molecule has 2 aromatic rings. The van der Waals surface area contributed by atoms with Gasteiger partial charge >= 0.3 is 0 Å². The molecular formula is C13H12BFO. The third kappa shape index (κ3) is 2.63. The van der Waals surface area contributed by atoms with Gasteiger partial charge in [-0.3, -0.25) is 0 Å². The van der Waals surface area contributed by atoms with Crippen LogP contribution in [0.5, 0.6) is 5.75 Å². The molecule has 0 N–H and O–H groups in total. The molecule has 3 heteroatoms. The molecule has 0 spiro atoms. The third-order valence-corrected chi connectivity index (χ3v) is 2.32. The first-order valence-electron chi connectivity index (χ1n) is 5.18. The lowest BCUT2D eigenvalue weighted by atomic mass is 9.96. The van der Waals surface area contributed by atoms with Gasteiger partial charge in [0.15, 0.2) is 11.6 Å². The van der Waals surface area contributed by atoms with Crippen molar-refractivity contribution in [2.24, 2.45) is 0 Å². The summed E-state index contributed by atoms with van der Waals surface area (Å²) in [6.07, 6.45) is 0. The van der Waals surface area contributed by atoms with Crippen molar-refractivity contribution in [3.8, 4) is 5.75 Å². The average molecular weight is 214 g/mol. The van der Waals surface area contributed by atoms with Crippen LogP contribution in [-0.2, 0) is 6.61 Å². The Hall–Kier alpha value is -1.77. The van der Waals surface area contributed by atoms with Crippen LogP contribution in [0.3, 0.4) is 0 Å². The Balaban J connectivity index is 2.05. The SMILES string of the molecule is Bc1ccc(OCc2ccccc2)c(F)c1. The molecule has 2 aromatic carbocycles. The molecule has 0 heterocycles. The maximum absolute atomic E-state index is 13.4. The van der Waals surface area contributed by atoms with E-state index in [2.05, 4.69) is 0 Å². The van der Waals surface area contributed by atoms with Crippen molar-refractivity contribution < 1.29 is 9.13 Å². The minimum absolute atomic E-state index is 0.300. The normalized spacial score (nSPS) is 10.1. The number of benzene rings is 2. The van der Waals surface area contributed by atoms with Crippen molar-refractivity contribution in [1.82, 2.24) is 0 Å². The van der Waals surface area contributed by atoms with Gasteiger partial charge in [-0.2, -0.15) is 0 Å². The van der Waals surface area contributed by atoms with Gasteiger partial charge in [-0.1, -0.05) is 41.9 Å². The number of halogens is 1. The number of hydrogen-bond acceptors (Lipinski definition) is 1. The smallest absolute Gasteiger partial charge is 0.164 e. The van der Waals surface area contributed by atoms with Gasteiger partial charge in [0.2, 0.25) is 0 Å². The molecular weight excluding hydrogens is 202 g/mol. The highest BCUT2D eigenvalue weighted by atomic mass is 19.1. The summed E-state index contributed by atoms with van der Waals surface area (Å²) in [5.41, 5.74) is 1.92. The standard InChI is InChI=1S/C13H12BFO/c14-11-6-7-13(12(15)8-11)16-9-10-4-2-1-3-5-10/h1-8H,9,14H2. The van der Waals surface area contributed by atoms with Crippen LogP contribution in [0.2, 0.25) is 0 Å². The van der Waals surface area contributed by atoms with Gasteiger partial charge in [0.1, 0.15) is 14.5 Å². The Kier molecular flexibility index (Phi) is 3.25. The van der Waals surface area contributed by atoms with Crippen LogP contribution in [0, 0.1) is 5.82 Å². The number of hydrogen-bond donors (Lipinski definition) is 0. The molecule has 2 rings (SSSR count). The summed E-state index contributed by atoms with van der Waals surface area (Å²) in [5.74, 6) is -0.00890. The molecule has 0 radical (unpaired) electrons. The van der Waals surface area contributed by atoms with E-state index in [1.165, 1.54) is 6.07 Å². The quantitative estimate of drug-likeness (QED) is 0.706. The summed E-state index contributed by atoms with van der Waals surface area (Å²) in [5, 5.41) is 0. The van der Waals surface area contributed by atoms with Crippen molar-refractivity contribution in [3.63, 3.8) is 0 Å². The number of rotatable bonds is 3. The molecule has 80 valence electrons. The van der Waals surface area contributed by atoms with Crippen LogP contribution in [0.25, 0.3) is 0 Å². The highest BCUT2D eigenvalue weighted by Gasteiger charge is 2.02. The Morgan fingerprint density at radius 3 is 2.50 bits per heavy atom. The number of ether oxygens (including phenoxy) is 1. The van der Waals surface area contributed by atoms with Crippen LogP contribution in [0.15, 0.2) is 48.5 Å². The Morgan fingerprint density at radius 1 is 1.06 bits per heavy atom. The lowest BCUT2D eigenvalue weighted by molar-refractivity contribution is 0.290. The predicted octanol–water partition coefficient (Wildman–Crippen LogP) is 1.66. The predicted molar refractivity (Wildman–Crippen MR) is 65.4 cm³/mol. The molecule has 1 nitrogen and oxygen atoms in total. The fraction of sp³-hybridized carbons (Fsp3) is 0.0769. The fourth-order valence-corrected chi connectivity index (χ4v) is 1.46. The summed E-state index contributed by atoms with van der Waals surface area (Å²) in [6, 6.07) is 14.7. The maximum Gasteiger partial charge on any atom is 0.164 e. The Labute approximate surface area is 95.3 Å². The molecule has 0 amide bonds. The van der Waals surface area contributed by atoms with Crippen LogP contribution >= 0.6 is 0 Å². The highest BCUT2D eigenvalue weighted by Crippen LogP contribution is 2.16. The molecule has 0 aliphatic carbocycles. The molecule has 0 aliphatic rings. The molecule has 0 aromatic heterocycles. The third-order valence-electron chi connectivity index (χ3n) is 2.32. The molecule has 0 unspecified atom stereocenters. The van der Waals surface area contributed by atoms with Gasteiger partial charge < -0.3 is 4.74 Å². The van der Waals surface area contributed by atoms with Crippen molar-refractivity contribution >= 4 is 13.3 Å². The lowest BCUT2D eigenvalue weighted by Crippen LogP contribution is -2.04. The van der Waals surface area contributed by atoms with Crippen LogP contribution in [-0.4, -0.2) is 7.85 Å². The Bertz CT molecular complexity index is 471. The van der Waals surface area contributed by atoms with Crippen molar-refractivity contribution in [2.75, 3.05) is 0 Å². The van der Waals surface area contributed by atoms with Crippen LogP contribution in [0.1, 0.15) is 5.56 Å². The zero-order valence-corrected chi connectivity index (χ0v) is 9.11. The van der Waals surface area contributed by atoms with Crippen LogP contribution in [0.4, 0.5) is 4.39 Å². The fourth-order valence-electron chi connectivity index (χ4n) is 1.46. The zero-order valence-electron chi connectivity index (χ0n) is 9.11. The second-order valence-electron chi connectivity index (χ2n) is 3.71. The Morgan fingerprint density at radius 2 is 1.81 bits per heavy atom. The van der Waals surface area contributed by atoms with Gasteiger partial charge in [-0.25, -0.2) is 4.39 Å². The van der Waals surface area contributed by atoms with Gasteiger partial charge in [0.25, 0.3) is 0 Å². The van der Waals surface area contributed by atoms with Crippen molar-refractivity contribution in [1.29, 1.82) is 0 Å².